The van der Waals surface area contributed by atoms with Gasteiger partial charge in [-0.1, -0.05) is 0 Å². The highest BCUT2D eigenvalue weighted by atomic mass is 19.3. The molecule has 2 atom stereocenters. The number of urea groups is 1. The monoisotopic (exact) mass is 306 g/mol. The molecule has 2 saturated heterocycles. The van der Waals surface area contributed by atoms with Gasteiger partial charge in [-0.05, 0) is 20.9 Å². The van der Waals surface area contributed by atoms with Crippen molar-refractivity contribution < 1.29 is 23.2 Å². The summed E-state index contributed by atoms with van der Waals surface area (Å²) in [6, 6.07) is -3.09. The number of amides is 3. The van der Waals surface area contributed by atoms with Gasteiger partial charge in [-0.25, -0.2) is 19.1 Å². The summed E-state index contributed by atoms with van der Waals surface area (Å²) >= 11 is 0. The van der Waals surface area contributed by atoms with Crippen LogP contribution in [0.2, 0.25) is 0 Å². The average Bonchev–Trinajstić information content (AvgIpc) is 2.74. The molecule has 0 aromatic carbocycles. The van der Waals surface area contributed by atoms with Crippen LogP contribution in [0, 0.1) is 0 Å². The molecular formula is C12H20F2N4O3. The maximum absolute atomic E-state index is 13.8. The molecule has 2 aliphatic rings. The quantitative estimate of drug-likeness (QED) is 0.616. The van der Waals surface area contributed by atoms with Crippen molar-refractivity contribution >= 4 is 11.9 Å². The number of halogens is 2. The topological polar surface area (TPSA) is 82.7 Å². The molecule has 2 aliphatic heterocycles. The second-order valence-electron chi connectivity index (χ2n) is 6.02. The zero-order valence-electron chi connectivity index (χ0n) is 12.2. The number of nitrogens with zero attached hydrogens (tertiary/aromatic N) is 1. The van der Waals surface area contributed by atoms with Crippen molar-refractivity contribution in [2.75, 3.05) is 20.2 Å². The largest absolute Gasteiger partial charge is 0.327 e. The molecule has 2 bridgehead atoms. The summed E-state index contributed by atoms with van der Waals surface area (Å²) in [5.41, 5.74) is 1.77. The Hall–Kier alpha value is -1.48. The van der Waals surface area contributed by atoms with E-state index in [4.69, 9.17) is 4.84 Å². The van der Waals surface area contributed by atoms with E-state index in [2.05, 4.69) is 16.1 Å². The Labute approximate surface area is 121 Å². The number of fused-ring (bicyclic) bond motifs is 2. The number of rotatable bonds is 5. The minimum atomic E-state index is -3.10. The number of likely N-dealkylation sites (N-methyl/N-ethyl adjacent to an activating group) is 1. The number of nitrogens with one attached hydrogen (secondary N) is 3. The molecule has 9 heteroatoms. The molecule has 0 aromatic rings. The Balaban J connectivity index is 1.94. The molecule has 3 amide bonds. The van der Waals surface area contributed by atoms with Crippen molar-refractivity contribution in [3.63, 3.8) is 0 Å². The predicted octanol–water partition coefficient (Wildman–Crippen LogP) is -0.166. The molecule has 21 heavy (non-hydrogen) atoms. The van der Waals surface area contributed by atoms with E-state index in [1.807, 2.05) is 13.8 Å². The molecule has 120 valence electrons. The van der Waals surface area contributed by atoms with Gasteiger partial charge in [0.2, 0.25) is 0 Å². The van der Waals surface area contributed by atoms with Crippen LogP contribution < -0.4 is 16.1 Å². The molecular weight excluding hydrogens is 286 g/mol. The summed E-state index contributed by atoms with van der Waals surface area (Å²) in [5.74, 6) is -3.84. The van der Waals surface area contributed by atoms with Crippen molar-refractivity contribution in [1.82, 2.24) is 21.0 Å². The lowest BCUT2D eigenvalue weighted by atomic mass is 9.96. The van der Waals surface area contributed by atoms with Crippen LogP contribution in [-0.4, -0.2) is 60.6 Å². The van der Waals surface area contributed by atoms with Gasteiger partial charge in [0.05, 0.1) is 6.61 Å². The zero-order valence-corrected chi connectivity index (χ0v) is 12.2. The van der Waals surface area contributed by atoms with Crippen LogP contribution in [0.4, 0.5) is 13.6 Å². The smallest absolute Gasteiger partial charge is 0.318 e. The van der Waals surface area contributed by atoms with Gasteiger partial charge in [-0.15, -0.1) is 0 Å². The average molecular weight is 306 g/mol. The number of hydroxylamine groups is 1. The molecule has 0 aliphatic carbocycles. The zero-order chi connectivity index (χ0) is 15.8. The number of hydrogen-bond acceptors (Lipinski definition) is 4. The number of piperidine rings is 1. The van der Waals surface area contributed by atoms with Gasteiger partial charge in [0.1, 0.15) is 12.1 Å². The summed E-state index contributed by atoms with van der Waals surface area (Å²) < 4.78 is 27.5. The van der Waals surface area contributed by atoms with Crippen molar-refractivity contribution in [3.8, 4) is 0 Å². The minimum absolute atomic E-state index is 0.160. The maximum Gasteiger partial charge on any atom is 0.318 e. The van der Waals surface area contributed by atoms with E-state index in [1.165, 1.54) is 0 Å². The molecule has 0 radical (unpaired) electrons. The third-order valence-corrected chi connectivity index (χ3v) is 3.87. The maximum atomic E-state index is 13.8. The SMILES string of the molecule is CNC(C)(C)CONC(=O)[C@@H]1CC(F)(F)C2CN1C(=O)N2. The van der Waals surface area contributed by atoms with E-state index in [-0.39, 0.29) is 18.7 Å². The first-order valence-corrected chi connectivity index (χ1v) is 6.72. The molecule has 2 fully saturated rings. The molecule has 0 spiro atoms. The fraction of sp³-hybridized carbons (Fsp3) is 0.833. The van der Waals surface area contributed by atoms with Gasteiger partial charge < -0.3 is 15.5 Å². The predicted molar refractivity (Wildman–Crippen MR) is 69.6 cm³/mol. The first-order valence-electron chi connectivity index (χ1n) is 6.72. The van der Waals surface area contributed by atoms with Crippen LogP contribution in [0.3, 0.4) is 0 Å². The Morgan fingerprint density at radius 1 is 1.57 bits per heavy atom. The van der Waals surface area contributed by atoms with E-state index in [9.17, 15) is 18.4 Å². The van der Waals surface area contributed by atoms with Crippen molar-refractivity contribution in [1.29, 1.82) is 0 Å². The van der Waals surface area contributed by atoms with E-state index < -0.39 is 36.4 Å². The lowest BCUT2D eigenvalue weighted by Crippen LogP contribution is -2.56. The number of alkyl halides is 2. The Morgan fingerprint density at radius 2 is 2.24 bits per heavy atom. The van der Waals surface area contributed by atoms with Crippen LogP contribution in [0.1, 0.15) is 20.3 Å². The highest BCUT2D eigenvalue weighted by Gasteiger charge is 2.56. The fourth-order valence-corrected chi connectivity index (χ4v) is 2.24. The van der Waals surface area contributed by atoms with Crippen LogP contribution in [0.25, 0.3) is 0 Å². The van der Waals surface area contributed by atoms with E-state index in [0.29, 0.717) is 0 Å². The van der Waals surface area contributed by atoms with E-state index in [1.54, 1.807) is 7.05 Å². The third kappa shape index (κ3) is 3.24. The van der Waals surface area contributed by atoms with Crippen LogP contribution in [0.5, 0.6) is 0 Å². The Bertz CT molecular complexity index is 444. The highest BCUT2D eigenvalue weighted by molar-refractivity contribution is 5.88. The molecule has 2 heterocycles. The molecule has 1 unspecified atom stereocenters. The lowest BCUT2D eigenvalue weighted by molar-refractivity contribution is -0.147. The summed E-state index contributed by atoms with van der Waals surface area (Å²) in [7, 11) is 1.74. The van der Waals surface area contributed by atoms with Gasteiger partial charge in [-0.3, -0.25) is 9.63 Å². The van der Waals surface area contributed by atoms with Crippen molar-refractivity contribution in [2.45, 2.75) is 43.8 Å². The molecule has 7 nitrogen and oxygen atoms in total. The lowest BCUT2D eigenvalue weighted by Gasteiger charge is -2.34. The normalized spacial score (nSPS) is 27.5. The first kappa shape index (κ1) is 15.9. The Kier molecular flexibility index (Phi) is 4.07. The Morgan fingerprint density at radius 3 is 2.86 bits per heavy atom. The van der Waals surface area contributed by atoms with E-state index in [0.717, 1.165) is 4.90 Å². The number of carbonyl (C=O) groups is 2. The van der Waals surface area contributed by atoms with Gasteiger partial charge >= 0.3 is 6.03 Å². The van der Waals surface area contributed by atoms with Gasteiger partial charge in [0.15, 0.2) is 0 Å². The number of carbonyl (C=O) groups excluding carboxylic acids is 2. The van der Waals surface area contributed by atoms with Crippen LogP contribution in [0.15, 0.2) is 0 Å². The number of hydrogen-bond donors (Lipinski definition) is 3. The van der Waals surface area contributed by atoms with Crippen LogP contribution in [-0.2, 0) is 9.63 Å². The standard InChI is InChI=1S/C12H20F2N4O3/c1-11(2,15-3)6-21-17-9(19)7-4-12(13,14)8-5-18(7)10(20)16-8/h7-8,15H,4-6H2,1-3H3,(H,16,20)(H,17,19)/t7-,8?/m0/s1. The molecule has 0 saturated carbocycles. The van der Waals surface area contributed by atoms with Crippen LogP contribution >= 0.6 is 0 Å². The summed E-state index contributed by atoms with van der Waals surface area (Å²) in [6.45, 7) is 3.69. The van der Waals surface area contributed by atoms with Gasteiger partial charge in [0, 0.05) is 18.5 Å². The second kappa shape index (κ2) is 5.38. The first-order chi connectivity index (χ1) is 9.66. The summed E-state index contributed by atoms with van der Waals surface area (Å²) in [5, 5.41) is 5.16. The second-order valence-corrected chi connectivity index (χ2v) is 6.02. The van der Waals surface area contributed by atoms with Crippen molar-refractivity contribution in [2.24, 2.45) is 0 Å². The minimum Gasteiger partial charge on any atom is -0.327 e. The summed E-state index contributed by atoms with van der Waals surface area (Å²) in [6.07, 6.45) is -0.707. The van der Waals surface area contributed by atoms with Crippen molar-refractivity contribution in [3.05, 3.63) is 0 Å². The highest BCUT2D eigenvalue weighted by Crippen LogP contribution is 2.35. The molecule has 3 N–H and O–H groups in total. The fourth-order valence-electron chi connectivity index (χ4n) is 2.24. The third-order valence-electron chi connectivity index (χ3n) is 3.87. The van der Waals surface area contributed by atoms with E-state index >= 15 is 0 Å². The van der Waals surface area contributed by atoms with Gasteiger partial charge in [0.25, 0.3) is 11.8 Å². The summed E-state index contributed by atoms with van der Waals surface area (Å²) in [4.78, 5) is 29.7. The van der Waals surface area contributed by atoms with Gasteiger partial charge in [-0.2, -0.15) is 0 Å². The molecule has 2 rings (SSSR count). The molecule has 0 aromatic heterocycles.